The molecule has 1 aliphatic carbocycles. The zero-order valence-corrected chi connectivity index (χ0v) is 19.3. The van der Waals surface area contributed by atoms with Gasteiger partial charge in [-0.15, -0.1) is 11.3 Å². The van der Waals surface area contributed by atoms with E-state index in [1.54, 1.807) is 44.4 Å². The lowest BCUT2D eigenvalue weighted by molar-refractivity contribution is -0.142. The van der Waals surface area contributed by atoms with Crippen LogP contribution in [-0.4, -0.2) is 38.2 Å². The number of hydrogen-bond donors (Lipinski definition) is 1. The predicted molar refractivity (Wildman–Crippen MR) is 123 cm³/mol. The first-order valence-electron chi connectivity index (χ1n) is 10.5. The first-order chi connectivity index (χ1) is 15.4. The Bertz CT molecular complexity index is 1010. The lowest BCUT2D eigenvalue weighted by Gasteiger charge is -2.18. The van der Waals surface area contributed by atoms with Crippen LogP contribution in [0.25, 0.3) is 6.08 Å². The highest BCUT2D eigenvalue weighted by Gasteiger charge is 2.29. The van der Waals surface area contributed by atoms with Crippen molar-refractivity contribution in [3.63, 3.8) is 0 Å². The number of anilines is 1. The van der Waals surface area contributed by atoms with E-state index in [0.717, 1.165) is 35.3 Å². The second-order valence-electron chi connectivity index (χ2n) is 7.54. The van der Waals surface area contributed by atoms with E-state index in [4.69, 9.17) is 14.2 Å². The van der Waals surface area contributed by atoms with Crippen molar-refractivity contribution in [2.45, 2.75) is 33.1 Å². The van der Waals surface area contributed by atoms with Crippen molar-refractivity contribution in [3.8, 4) is 5.75 Å². The summed E-state index contributed by atoms with van der Waals surface area (Å²) >= 11 is 1.40. The minimum absolute atomic E-state index is 0.255. The standard InChI is InChI=1S/C24H27NO6S/c1-4-30-24(28)22-18-11-5-15(2)13-19(18)32-23(22)25-20(26)14-31-21(27)12-8-16-6-9-17(29-3)10-7-16/h6-10,12,15H,4-5,11,13-14H2,1-3H3,(H,25,26)/b12-8+/t15-/m0/s1. The quantitative estimate of drug-likeness (QED) is 0.471. The predicted octanol–water partition coefficient (Wildman–Crippen LogP) is 4.25. The molecule has 3 rings (SSSR count). The lowest BCUT2D eigenvalue weighted by Crippen LogP contribution is -2.21. The maximum atomic E-state index is 12.5. The number of esters is 2. The number of hydrogen-bond acceptors (Lipinski definition) is 7. The Hall–Kier alpha value is -3.13. The Kier molecular flexibility index (Phi) is 8.05. The summed E-state index contributed by atoms with van der Waals surface area (Å²) in [5.41, 5.74) is 2.18. The van der Waals surface area contributed by atoms with Gasteiger partial charge in [0.05, 0.1) is 19.3 Å². The second kappa shape index (κ2) is 10.9. The number of thiophene rings is 1. The summed E-state index contributed by atoms with van der Waals surface area (Å²) in [5.74, 6) is -0.338. The Labute approximate surface area is 191 Å². The van der Waals surface area contributed by atoms with Crippen molar-refractivity contribution in [3.05, 3.63) is 51.9 Å². The molecule has 0 unspecified atom stereocenters. The van der Waals surface area contributed by atoms with Crippen LogP contribution in [0.3, 0.4) is 0 Å². The molecule has 0 saturated carbocycles. The minimum Gasteiger partial charge on any atom is -0.497 e. The molecule has 0 saturated heterocycles. The number of rotatable bonds is 8. The fourth-order valence-corrected chi connectivity index (χ4v) is 4.90. The molecule has 32 heavy (non-hydrogen) atoms. The molecule has 0 aliphatic heterocycles. The molecule has 0 bridgehead atoms. The molecule has 0 fully saturated rings. The highest BCUT2D eigenvalue weighted by molar-refractivity contribution is 7.17. The van der Waals surface area contributed by atoms with Gasteiger partial charge in [-0.1, -0.05) is 19.1 Å². The van der Waals surface area contributed by atoms with Gasteiger partial charge in [-0.05, 0) is 61.4 Å². The van der Waals surface area contributed by atoms with Crippen LogP contribution in [0.4, 0.5) is 5.00 Å². The molecule has 0 radical (unpaired) electrons. The molecule has 170 valence electrons. The van der Waals surface area contributed by atoms with E-state index in [1.807, 2.05) is 0 Å². The topological polar surface area (TPSA) is 90.9 Å². The number of amides is 1. The van der Waals surface area contributed by atoms with Gasteiger partial charge in [0.1, 0.15) is 10.8 Å². The highest BCUT2D eigenvalue weighted by Crippen LogP contribution is 2.40. The van der Waals surface area contributed by atoms with Crippen LogP contribution < -0.4 is 10.1 Å². The first kappa shape index (κ1) is 23.5. The van der Waals surface area contributed by atoms with Gasteiger partial charge in [-0.25, -0.2) is 9.59 Å². The van der Waals surface area contributed by atoms with E-state index in [2.05, 4.69) is 12.2 Å². The number of ether oxygens (including phenoxy) is 3. The zero-order valence-electron chi connectivity index (χ0n) is 18.4. The van der Waals surface area contributed by atoms with Crippen molar-refractivity contribution in [2.75, 3.05) is 25.6 Å². The maximum Gasteiger partial charge on any atom is 0.341 e. The molecule has 1 amide bonds. The molecular formula is C24H27NO6S. The highest BCUT2D eigenvalue weighted by atomic mass is 32.1. The Morgan fingerprint density at radius 1 is 1.19 bits per heavy atom. The van der Waals surface area contributed by atoms with Crippen LogP contribution in [-0.2, 0) is 31.9 Å². The number of fused-ring (bicyclic) bond motifs is 1. The third-order valence-corrected chi connectivity index (χ3v) is 6.29. The fraction of sp³-hybridized carbons (Fsp3) is 0.375. The fourth-order valence-electron chi connectivity index (χ4n) is 3.48. The molecule has 1 N–H and O–H groups in total. The zero-order chi connectivity index (χ0) is 23.1. The molecule has 1 aromatic heterocycles. The first-order valence-corrected chi connectivity index (χ1v) is 11.3. The molecule has 1 atom stereocenters. The van der Waals surface area contributed by atoms with Crippen LogP contribution in [0.5, 0.6) is 5.75 Å². The molecule has 1 aromatic carbocycles. The summed E-state index contributed by atoms with van der Waals surface area (Å²) in [4.78, 5) is 38.0. The monoisotopic (exact) mass is 457 g/mol. The van der Waals surface area contributed by atoms with Crippen LogP contribution in [0.15, 0.2) is 30.3 Å². The average molecular weight is 458 g/mol. The minimum atomic E-state index is -0.638. The van der Waals surface area contributed by atoms with Crippen LogP contribution in [0.2, 0.25) is 0 Å². The number of carbonyl (C=O) groups excluding carboxylic acids is 3. The third kappa shape index (κ3) is 5.97. The van der Waals surface area contributed by atoms with Gasteiger partial charge >= 0.3 is 11.9 Å². The Balaban J connectivity index is 1.61. The summed E-state index contributed by atoms with van der Waals surface area (Å²) in [6, 6.07) is 7.15. The van der Waals surface area contributed by atoms with E-state index in [-0.39, 0.29) is 6.61 Å². The van der Waals surface area contributed by atoms with Gasteiger partial charge in [0.2, 0.25) is 0 Å². The number of nitrogens with one attached hydrogen (secondary N) is 1. The molecule has 7 nitrogen and oxygen atoms in total. The summed E-state index contributed by atoms with van der Waals surface area (Å²) in [6.07, 6.45) is 5.48. The van der Waals surface area contributed by atoms with E-state index in [9.17, 15) is 14.4 Å². The molecule has 2 aromatic rings. The normalized spacial score (nSPS) is 15.2. The number of carbonyl (C=O) groups is 3. The largest absolute Gasteiger partial charge is 0.497 e. The van der Waals surface area contributed by atoms with E-state index >= 15 is 0 Å². The smallest absolute Gasteiger partial charge is 0.341 e. The number of methoxy groups -OCH3 is 1. The van der Waals surface area contributed by atoms with Crippen LogP contribution >= 0.6 is 11.3 Å². The van der Waals surface area contributed by atoms with E-state index < -0.39 is 24.5 Å². The van der Waals surface area contributed by atoms with Crippen molar-refractivity contribution >= 4 is 40.3 Å². The van der Waals surface area contributed by atoms with E-state index in [1.165, 1.54) is 17.4 Å². The van der Waals surface area contributed by atoms with Crippen molar-refractivity contribution in [1.29, 1.82) is 0 Å². The van der Waals surface area contributed by atoms with Crippen LogP contribution in [0.1, 0.15) is 46.6 Å². The molecule has 8 heteroatoms. The van der Waals surface area contributed by atoms with Crippen molar-refractivity contribution in [1.82, 2.24) is 0 Å². The average Bonchev–Trinajstić information content (AvgIpc) is 3.13. The Morgan fingerprint density at radius 2 is 1.94 bits per heavy atom. The van der Waals surface area contributed by atoms with E-state index in [0.29, 0.717) is 22.2 Å². The molecular weight excluding hydrogens is 430 g/mol. The summed E-state index contributed by atoms with van der Waals surface area (Å²) in [7, 11) is 1.58. The Morgan fingerprint density at radius 3 is 2.62 bits per heavy atom. The lowest BCUT2D eigenvalue weighted by atomic mass is 9.88. The van der Waals surface area contributed by atoms with Crippen molar-refractivity contribution in [2.24, 2.45) is 5.92 Å². The van der Waals surface area contributed by atoms with Crippen molar-refractivity contribution < 1.29 is 28.6 Å². The van der Waals surface area contributed by atoms with Gasteiger partial charge in [0.15, 0.2) is 6.61 Å². The number of benzene rings is 1. The van der Waals surface area contributed by atoms with Gasteiger partial charge in [0.25, 0.3) is 5.91 Å². The van der Waals surface area contributed by atoms with Gasteiger partial charge in [-0.2, -0.15) is 0 Å². The summed E-state index contributed by atoms with van der Waals surface area (Å²) < 4.78 is 15.3. The van der Waals surface area contributed by atoms with Gasteiger partial charge in [-0.3, -0.25) is 4.79 Å². The van der Waals surface area contributed by atoms with Gasteiger partial charge in [0, 0.05) is 11.0 Å². The molecule has 0 spiro atoms. The van der Waals surface area contributed by atoms with Gasteiger partial charge < -0.3 is 19.5 Å². The SMILES string of the molecule is CCOC(=O)c1c(NC(=O)COC(=O)/C=C/c2ccc(OC)cc2)sc2c1CC[C@H](C)C2. The second-order valence-corrected chi connectivity index (χ2v) is 8.64. The summed E-state index contributed by atoms with van der Waals surface area (Å²) in [5, 5.41) is 3.18. The summed E-state index contributed by atoms with van der Waals surface area (Å²) in [6.45, 7) is 3.72. The molecule has 1 aliphatic rings. The van der Waals surface area contributed by atoms with Crippen LogP contribution in [0, 0.1) is 5.92 Å². The maximum absolute atomic E-state index is 12.5. The third-order valence-electron chi connectivity index (χ3n) is 5.12. The molecule has 1 heterocycles.